The summed E-state index contributed by atoms with van der Waals surface area (Å²) in [5, 5.41) is 0. The highest BCUT2D eigenvalue weighted by atomic mass is 32.1. The number of rotatable bonds is 0. The van der Waals surface area contributed by atoms with Crippen LogP contribution in [0, 0.1) is 0 Å². The van der Waals surface area contributed by atoms with E-state index in [1.807, 2.05) is 0 Å². The fraction of sp³-hybridized carbons (Fsp3) is 0.143. The van der Waals surface area contributed by atoms with Gasteiger partial charge < -0.3 is 0 Å². The van der Waals surface area contributed by atoms with Crippen molar-refractivity contribution in [1.29, 1.82) is 0 Å². The molecule has 1 aromatic carbocycles. The molecule has 1 rings (SSSR count). The fourth-order valence-corrected chi connectivity index (χ4v) is 0.963. The predicted octanol–water partition coefficient (Wildman–Crippen LogP) is 3.26. The number of benzene rings is 1. The highest BCUT2D eigenvalue weighted by molar-refractivity contribution is 7.80. The predicted molar refractivity (Wildman–Crippen MR) is 37.3 cm³/mol. The van der Waals surface area contributed by atoms with Crippen LogP contribution in [-0.2, 0) is 6.18 Å². The first kappa shape index (κ1) is 8.33. The van der Waals surface area contributed by atoms with Crippen LogP contribution in [0.3, 0.4) is 0 Å². The molecule has 1 aromatic rings. The maximum Gasteiger partial charge on any atom is 0.417 e. The molecule has 0 aliphatic rings. The first-order chi connectivity index (χ1) is 5.02. The van der Waals surface area contributed by atoms with E-state index in [-0.39, 0.29) is 4.90 Å². The first-order valence-corrected chi connectivity index (χ1v) is 3.26. The third-order valence-corrected chi connectivity index (χ3v) is 1.55. The molecule has 0 aromatic heterocycles. The molecule has 0 aliphatic carbocycles. The Hall–Kier alpha value is -0.770. The fourth-order valence-electron chi connectivity index (χ4n) is 0.701. The second-order valence-corrected chi connectivity index (χ2v) is 2.43. The van der Waals surface area contributed by atoms with Crippen molar-refractivity contribution in [3.05, 3.63) is 29.8 Å². The van der Waals surface area contributed by atoms with Gasteiger partial charge in [-0.05, 0) is 12.1 Å². The summed E-state index contributed by atoms with van der Waals surface area (Å²) >= 11 is 4.48. The Morgan fingerprint density at radius 1 is 1.09 bits per heavy atom. The number of hydrogen-bond donors (Lipinski definition) is 0. The molecule has 0 unspecified atom stereocenters. The molecule has 0 saturated heterocycles. The second-order valence-electron chi connectivity index (χ2n) is 1.99. The molecular weight excluding hydrogens is 173 g/mol. The Morgan fingerprint density at radius 3 is 2.00 bits per heavy atom. The van der Waals surface area contributed by atoms with Gasteiger partial charge in [0.2, 0.25) is 0 Å². The van der Waals surface area contributed by atoms with Crippen molar-refractivity contribution < 1.29 is 13.2 Å². The van der Waals surface area contributed by atoms with Crippen molar-refractivity contribution in [1.82, 2.24) is 0 Å². The first-order valence-electron chi connectivity index (χ1n) is 2.85. The minimum atomic E-state index is -4.32. The molecule has 0 heterocycles. The minimum Gasteiger partial charge on any atom is -0.166 e. The van der Waals surface area contributed by atoms with Gasteiger partial charge in [-0.15, -0.1) is 0 Å². The monoisotopic (exact) mass is 177 g/mol. The van der Waals surface area contributed by atoms with Crippen LogP contribution in [-0.4, -0.2) is 0 Å². The zero-order valence-corrected chi connectivity index (χ0v) is 6.17. The average molecular weight is 177 g/mol. The normalized spacial score (nSPS) is 11.5. The lowest BCUT2D eigenvalue weighted by Gasteiger charge is -2.06. The number of alkyl halides is 3. The maximum absolute atomic E-state index is 12.0. The molecule has 0 bridgehead atoms. The topological polar surface area (TPSA) is 0 Å². The van der Waals surface area contributed by atoms with Crippen LogP contribution < -0.4 is 0 Å². The Labute approximate surface area is 67.4 Å². The van der Waals surface area contributed by atoms with Crippen LogP contribution in [0.15, 0.2) is 29.2 Å². The zero-order chi connectivity index (χ0) is 8.48. The molecule has 0 aliphatic heterocycles. The summed E-state index contributed by atoms with van der Waals surface area (Å²) < 4.78 is 35.9. The quantitative estimate of drug-likeness (QED) is 0.570. The van der Waals surface area contributed by atoms with Gasteiger partial charge in [0.25, 0.3) is 0 Å². The molecule has 0 saturated carbocycles. The van der Waals surface area contributed by atoms with Gasteiger partial charge in [0.15, 0.2) is 0 Å². The summed E-state index contributed by atoms with van der Waals surface area (Å²) in [5.74, 6) is 0. The van der Waals surface area contributed by atoms with Crippen LogP contribution in [0.4, 0.5) is 13.2 Å². The Balaban J connectivity index is 3.14. The average Bonchev–Trinajstić information content (AvgIpc) is 1.86. The van der Waals surface area contributed by atoms with Crippen LogP contribution in [0.1, 0.15) is 5.56 Å². The Morgan fingerprint density at radius 2 is 1.64 bits per heavy atom. The zero-order valence-electron chi connectivity index (χ0n) is 5.35. The summed E-state index contributed by atoms with van der Waals surface area (Å²) in [6.45, 7) is 0. The van der Waals surface area contributed by atoms with Crippen molar-refractivity contribution >= 4 is 12.6 Å². The van der Waals surface area contributed by atoms with Gasteiger partial charge in [0.1, 0.15) is 0 Å². The van der Waals surface area contributed by atoms with E-state index in [1.54, 1.807) is 0 Å². The van der Waals surface area contributed by atoms with Crippen molar-refractivity contribution in [2.75, 3.05) is 0 Å². The van der Waals surface area contributed by atoms with Gasteiger partial charge in [-0.3, -0.25) is 0 Å². The van der Waals surface area contributed by atoms with E-state index in [4.69, 9.17) is 0 Å². The molecular formula is C7H4F3S. The van der Waals surface area contributed by atoms with E-state index in [2.05, 4.69) is 12.6 Å². The molecule has 1 radical (unpaired) electrons. The smallest absolute Gasteiger partial charge is 0.166 e. The second kappa shape index (κ2) is 2.70. The van der Waals surface area contributed by atoms with Crippen molar-refractivity contribution in [3.8, 4) is 0 Å². The molecule has 0 nitrogen and oxygen atoms in total. The molecule has 0 spiro atoms. The van der Waals surface area contributed by atoms with E-state index >= 15 is 0 Å². The van der Waals surface area contributed by atoms with Gasteiger partial charge >= 0.3 is 6.18 Å². The van der Waals surface area contributed by atoms with Crippen molar-refractivity contribution in [3.63, 3.8) is 0 Å². The number of hydrogen-bond acceptors (Lipinski definition) is 0. The minimum absolute atomic E-state index is 0.153. The van der Waals surface area contributed by atoms with Gasteiger partial charge in [0.05, 0.1) is 5.56 Å². The number of halogens is 3. The molecule has 4 heteroatoms. The molecule has 0 N–H and O–H groups in total. The Kier molecular flexibility index (Phi) is 2.04. The maximum atomic E-state index is 12.0. The van der Waals surface area contributed by atoms with E-state index in [0.717, 1.165) is 6.07 Å². The van der Waals surface area contributed by atoms with E-state index in [9.17, 15) is 13.2 Å². The third-order valence-electron chi connectivity index (χ3n) is 1.19. The van der Waals surface area contributed by atoms with Crippen molar-refractivity contribution in [2.45, 2.75) is 11.1 Å². The molecule has 59 valence electrons. The summed E-state index contributed by atoms with van der Waals surface area (Å²) in [4.78, 5) is -0.153. The summed E-state index contributed by atoms with van der Waals surface area (Å²) in [5.41, 5.74) is -0.741. The lowest BCUT2D eigenvalue weighted by molar-refractivity contribution is -0.139. The highest BCUT2D eigenvalue weighted by Crippen LogP contribution is 2.33. The van der Waals surface area contributed by atoms with Gasteiger partial charge in [-0.1, -0.05) is 24.8 Å². The lowest BCUT2D eigenvalue weighted by atomic mass is 10.2. The Bertz CT molecular complexity index is 254. The lowest BCUT2D eigenvalue weighted by Crippen LogP contribution is -2.05. The van der Waals surface area contributed by atoms with E-state index in [1.165, 1.54) is 18.2 Å². The molecule has 11 heavy (non-hydrogen) atoms. The van der Waals surface area contributed by atoms with Crippen molar-refractivity contribution in [2.24, 2.45) is 0 Å². The third kappa shape index (κ3) is 1.83. The van der Waals surface area contributed by atoms with E-state index < -0.39 is 11.7 Å². The standard InChI is InChI=1S/C7H4F3S/c8-7(9,10)5-3-1-2-4-6(5)11/h1-4H. The molecule has 0 atom stereocenters. The summed E-state index contributed by atoms with van der Waals surface area (Å²) in [7, 11) is 0. The molecule has 0 amide bonds. The summed E-state index contributed by atoms with van der Waals surface area (Å²) in [6.07, 6.45) is -4.32. The SMILES string of the molecule is FC(F)(F)c1ccccc1[S]. The summed E-state index contributed by atoms with van der Waals surface area (Å²) in [6, 6.07) is 5.04. The van der Waals surface area contributed by atoms with Crippen LogP contribution >= 0.6 is 12.6 Å². The van der Waals surface area contributed by atoms with Gasteiger partial charge in [-0.2, -0.15) is 13.2 Å². The van der Waals surface area contributed by atoms with Gasteiger partial charge in [-0.25, -0.2) is 0 Å². The highest BCUT2D eigenvalue weighted by Gasteiger charge is 2.32. The molecule has 0 fully saturated rings. The van der Waals surface area contributed by atoms with Crippen LogP contribution in [0.25, 0.3) is 0 Å². The van der Waals surface area contributed by atoms with Gasteiger partial charge in [0, 0.05) is 4.90 Å². The van der Waals surface area contributed by atoms with Crippen LogP contribution in [0.5, 0.6) is 0 Å². The largest absolute Gasteiger partial charge is 0.417 e. The van der Waals surface area contributed by atoms with E-state index in [0.29, 0.717) is 0 Å². The van der Waals surface area contributed by atoms with Crippen LogP contribution in [0.2, 0.25) is 0 Å².